The summed E-state index contributed by atoms with van der Waals surface area (Å²) in [5, 5.41) is 11.7. The molecule has 0 spiro atoms. The van der Waals surface area contributed by atoms with Gasteiger partial charge < -0.3 is 9.97 Å². The number of nitrogens with zero attached hydrogens (tertiary/aromatic N) is 2. The first kappa shape index (κ1) is 17.2. The molecule has 1 aromatic heterocycles. The van der Waals surface area contributed by atoms with Gasteiger partial charge in [0.2, 0.25) is 0 Å². The fourth-order valence-electron chi connectivity index (χ4n) is 2.34. The molecule has 0 saturated carbocycles. The Kier molecular flexibility index (Phi) is 4.90. The average molecular weight is 403 g/mol. The number of non-ortho nitro benzene ring substituents is 1. The van der Waals surface area contributed by atoms with Crippen LogP contribution in [0, 0.1) is 10.1 Å². The Morgan fingerprint density at radius 2 is 2.00 bits per heavy atom. The van der Waals surface area contributed by atoms with E-state index >= 15 is 0 Å². The van der Waals surface area contributed by atoms with Gasteiger partial charge in [0.1, 0.15) is 6.54 Å². The van der Waals surface area contributed by atoms with Crippen LogP contribution in [0.4, 0.5) is 5.69 Å². The molecule has 0 saturated heterocycles. The van der Waals surface area contributed by atoms with Crippen molar-refractivity contribution in [2.75, 3.05) is 12.3 Å². The first-order valence-electron chi connectivity index (χ1n) is 6.39. The van der Waals surface area contributed by atoms with Crippen molar-refractivity contribution >= 4 is 50.6 Å². The van der Waals surface area contributed by atoms with E-state index in [1.807, 2.05) is 4.58 Å². The normalized spacial score (nSPS) is 14.1. The van der Waals surface area contributed by atoms with Crippen LogP contribution in [0.15, 0.2) is 21.7 Å². The molecule has 0 radical (unpaired) electrons. The Balaban J connectivity index is 0.00000192. The molecule has 0 bridgehead atoms. The molecule has 0 fully saturated rings. The standard InChI is InChI=1S/C12H11N5O4S.BrH/c13-12-16(1-2-22-12)5-6-3-7(17(20)21)4-8-9(6)15-11(19)10(18)14-8;/h3-4,13H,1-2,5H2,(H2,14,15,18,19);1H/p+1. The van der Waals surface area contributed by atoms with Crippen LogP contribution in [0.2, 0.25) is 0 Å². The molecule has 4 N–H and O–H groups in total. The van der Waals surface area contributed by atoms with Gasteiger partial charge in [0.05, 0.1) is 22.5 Å². The summed E-state index contributed by atoms with van der Waals surface area (Å²) in [6.07, 6.45) is 0. The van der Waals surface area contributed by atoms with E-state index < -0.39 is 16.0 Å². The summed E-state index contributed by atoms with van der Waals surface area (Å²) in [7, 11) is 0. The SMILES string of the molecule is Br.NC1=[N+](Cc2cc([N+](=O)[O-])cc3[nH]c(=O)c(=O)[nH]c23)CCS1. The zero-order valence-electron chi connectivity index (χ0n) is 11.7. The van der Waals surface area contributed by atoms with Gasteiger partial charge in [0, 0.05) is 23.4 Å². The quantitative estimate of drug-likeness (QED) is 0.291. The maximum absolute atomic E-state index is 11.5. The maximum atomic E-state index is 11.5. The van der Waals surface area contributed by atoms with E-state index in [-0.39, 0.29) is 28.2 Å². The number of aromatic amines is 2. The third kappa shape index (κ3) is 3.29. The van der Waals surface area contributed by atoms with E-state index in [9.17, 15) is 19.7 Å². The summed E-state index contributed by atoms with van der Waals surface area (Å²) >= 11 is 1.50. The largest absolute Gasteiger partial charge is 0.316 e. The van der Waals surface area contributed by atoms with Gasteiger partial charge in [-0.25, -0.2) is 0 Å². The number of thioether (sulfide) groups is 1. The van der Waals surface area contributed by atoms with Crippen LogP contribution in [-0.2, 0) is 6.54 Å². The lowest BCUT2D eigenvalue weighted by Crippen LogP contribution is -2.29. The molecule has 1 aliphatic rings. The van der Waals surface area contributed by atoms with Gasteiger partial charge in [0.15, 0.2) is 0 Å². The highest BCUT2D eigenvalue weighted by Gasteiger charge is 2.21. The first-order valence-corrected chi connectivity index (χ1v) is 7.38. The molecule has 0 amide bonds. The summed E-state index contributed by atoms with van der Waals surface area (Å²) in [4.78, 5) is 38.3. The lowest BCUT2D eigenvalue weighted by Gasteiger charge is -2.07. The molecule has 23 heavy (non-hydrogen) atoms. The van der Waals surface area contributed by atoms with Gasteiger partial charge >= 0.3 is 16.3 Å². The first-order chi connectivity index (χ1) is 10.5. The number of nitro benzene ring substituents is 1. The van der Waals surface area contributed by atoms with Gasteiger partial charge in [-0.3, -0.25) is 30.0 Å². The Morgan fingerprint density at radius 3 is 2.61 bits per heavy atom. The molecule has 9 nitrogen and oxygen atoms in total. The van der Waals surface area contributed by atoms with Gasteiger partial charge in [-0.05, 0) is 11.8 Å². The van der Waals surface area contributed by atoms with E-state index in [0.717, 1.165) is 5.75 Å². The van der Waals surface area contributed by atoms with Crippen LogP contribution in [-0.4, -0.2) is 36.9 Å². The molecule has 122 valence electrons. The third-order valence-corrected chi connectivity index (χ3v) is 4.33. The Labute approximate surface area is 143 Å². The molecule has 2 heterocycles. The van der Waals surface area contributed by atoms with E-state index in [0.29, 0.717) is 29.3 Å². The average Bonchev–Trinajstić information content (AvgIpc) is 2.86. The summed E-state index contributed by atoms with van der Waals surface area (Å²) in [5.41, 5.74) is 5.19. The van der Waals surface area contributed by atoms with Crippen molar-refractivity contribution in [3.05, 3.63) is 48.5 Å². The zero-order chi connectivity index (χ0) is 15.9. The van der Waals surface area contributed by atoms with Crippen LogP contribution in [0.3, 0.4) is 0 Å². The second-order valence-corrected chi connectivity index (χ2v) is 5.92. The van der Waals surface area contributed by atoms with Crippen molar-refractivity contribution in [2.24, 2.45) is 5.73 Å². The van der Waals surface area contributed by atoms with Crippen molar-refractivity contribution < 1.29 is 9.50 Å². The number of amidine groups is 1. The monoisotopic (exact) mass is 402 g/mol. The Hall–Kier alpha value is -2.14. The fourth-order valence-corrected chi connectivity index (χ4v) is 3.19. The number of nitrogens with one attached hydrogen (secondary N) is 2. The third-order valence-electron chi connectivity index (χ3n) is 3.39. The molecular weight excluding hydrogens is 390 g/mol. The maximum Gasteiger partial charge on any atom is 0.314 e. The molecule has 2 aromatic rings. The van der Waals surface area contributed by atoms with E-state index in [2.05, 4.69) is 9.97 Å². The lowest BCUT2D eigenvalue weighted by molar-refractivity contribution is -0.534. The number of nitro groups is 1. The minimum atomic E-state index is -0.846. The smallest absolute Gasteiger partial charge is 0.314 e. The van der Waals surface area contributed by atoms with Crippen molar-refractivity contribution in [3.8, 4) is 0 Å². The van der Waals surface area contributed by atoms with Crippen LogP contribution < -0.4 is 16.9 Å². The number of nitrogens with two attached hydrogens (primary N) is 1. The predicted octanol–water partition coefficient (Wildman–Crippen LogP) is 0.276. The summed E-state index contributed by atoms with van der Waals surface area (Å²) in [5.74, 6) is 0.839. The van der Waals surface area contributed by atoms with Crippen molar-refractivity contribution in [3.63, 3.8) is 0 Å². The molecule has 11 heteroatoms. The lowest BCUT2D eigenvalue weighted by atomic mass is 10.1. The number of H-pyrrole nitrogens is 2. The predicted molar refractivity (Wildman–Crippen MR) is 92.6 cm³/mol. The van der Waals surface area contributed by atoms with E-state index in [4.69, 9.17) is 5.73 Å². The number of halogens is 1. The molecule has 0 aliphatic carbocycles. The number of aromatic nitrogens is 2. The summed E-state index contributed by atoms with van der Waals surface area (Å²) in [6, 6.07) is 2.61. The molecule has 1 aliphatic heterocycles. The van der Waals surface area contributed by atoms with Gasteiger partial charge in [-0.2, -0.15) is 0 Å². The Bertz CT molecular complexity index is 935. The molecule has 0 unspecified atom stereocenters. The zero-order valence-corrected chi connectivity index (χ0v) is 14.2. The summed E-state index contributed by atoms with van der Waals surface area (Å²) in [6.45, 7) is 1.03. The van der Waals surface area contributed by atoms with Crippen molar-refractivity contribution in [1.82, 2.24) is 9.97 Å². The number of hydrogen-bond acceptors (Lipinski definition) is 6. The molecule has 0 atom stereocenters. The van der Waals surface area contributed by atoms with Gasteiger partial charge in [0.25, 0.3) is 5.69 Å². The van der Waals surface area contributed by atoms with E-state index in [1.54, 1.807) is 0 Å². The minimum Gasteiger partial charge on any atom is -0.316 e. The fraction of sp³-hybridized carbons (Fsp3) is 0.250. The van der Waals surface area contributed by atoms with Crippen LogP contribution >= 0.6 is 28.7 Å². The number of rotatable bonds is 3. The molecule has 3 rings (SSSR count). The highest BCUT2D eigenvalue weighted by Crippen LogP contribution is 2.23. The molecular formula is C12H13BrN5O4S+. The van der Waals surface area contributed by atoms with Crippen LogP contribution in [0.1, 0.15) is 5.56 Å². The summed E-state index contributed by atoms with van der Waals surface area (Å²) < 4.78 is 1.87. The second-order valence-electron chi connectivity index (χ2n) is 4.80. The highest BCUT2D eigenvalue weighted by molar-refractivity contribution is 8.93. The van der Waals surface area contributed by atoms with Crippen LogP contribution in [0.5, 0.6) is 0 Å². The Morgan fingerprint density at radius 1 is 1.30 bits per heavy atom. The van der Waals surface area contributed by atoms with Crippen LogP contribution in [0.25, 0.3) is 11.0 Å². The number of benzene rings is 1. The van der Waals surface area contributed by atoms with E-state index in [1.165, 1.54) is 23.9 Å². The highest BCUT2D eigenvalue weighted by atomic mass is 79.9. The number of hydrogen-bond donors (Lipinski definition) is 3. The van der Waals surface area contributed by atoms with Crippen molar-refractivity contribution in [2.45, 2.75) is 6.54 Å². The number of fused-ring (bicyclic) bond motifs is 1. The van der Waals surface area contributed by atoms with Gasteiger partial charge in [-0.1, -0.05) is 0 Å². The van der Waals surface area contributed by atoms with Crippen molar-refractivity contribution in [1.29, 1.82) is 0 Å². The second kappa shape index (κ2) is 6.54. The van der Waals surface area contributed by atoms with Gasteiger partial charge in [-0.15, -0.1) is 17.0 Å². The topological polar surface area (TPSA) is 138 Å². The molecule has 1 aromatic carbocycles. The minimum absolute atomic E-state index is 0.